The van der Waals surface area contributed by atoms with E-state index in [1.54, 1.807) is 13.0 Å². The molecule has 3 aromatic carbocycles. The molecule has 18 heteroatoms. The molecular formula is C62H74F2N10O6. The number of ether oxygens (including phenoxy) is 1. The number of fused-ring (bicyclic) bond motifs is 3. The highest BCUT2D eigenvalue weighted by Gasteiger charge is 2.50. The summed E-state index contributed by atoms with van der Waals surface area (Å²) in [6.07, 6.45) is 14.5. The number of phenolic OH excluding ortho intramolecular Hbond substituents is 1. The lowest BCUT2D eigenvalue weighted by atomic mass is 9.59. The number of hydrogen-bond donors (Lipinski definition) is 3. The Kier molecular flexibility index (Phi) is 13.6. The molecule has 80 heavy (non-hydrogen) atoms. The molecule has 2 saturated carbocycles. The summed E-state index contributed by atoms with van der Waals surface area (Å²) in [5.74, 6) is -0.853. The highest BCUT2D eigenvalue weighted by atomic mass is 19.1. The zero-order chi connectivity index (χ0) is 55.2. The smallest absolute Gasteiger partial charge is 0.319 e. The van der Waals surface area contributed by atoms with Gasteiger partial charge in [0.05, 0.1) is 34.7 Å². The minimum Gasteiger partial charge on any atom is -0.508 e. The molecular weight excluding hydrogens is 1020 g/mol. The van der Waals surface area contributed by atoms with Crippen molar-refractivity contribution in [3.05, 3.63) is 77.1 Å². The normalized spacial score (nSPS) is 24.2. The quantitative estimate of drug-likeness (QED) is 0.0992. The number of benzene rings is 3. The van der Waals surface area contributed by atoms with Gasteiger partial charge in [-0.3, -0.25) is 29.4 Å². The van der Waals surface area contributed by atoms with Gasteiger partial charge in [0.2, 0.25) is 17.7 Å². The van der Waals surface area contributed by atoms with E-state index >= 15 is 8.78 Å². The molecule has 5 aliphatic heterocycles. The number of likely N-dealkylation sites (tertiary alicyclic amines) is 3. The van der Waals surface area contributed by atoms with E-state index in [9.17, 15) is 24.6 Å². The van der Waals surface area contributed by atoms with Gasteiger partial charge in [-0.1, -0.05) is 25.1 Å². The van der Waals surface area contributed by atoms with Crippen molar-refractivity contribution >= 4 is 56.1 Å². The fourth-order valence-corrected chi connectivity index (χ4v) is 14.9. The lowest BCUT2D eigenvalue weighted by Gasteiger charge is -2.56. The lowest BCUT2D eigenvalue weighted by molar-refractivity contribution is -0.142. The SMILES string of the molecule is CCc1c(F)ccc2cc(O)cc(-c3ncc4c(N5CCC[C@@](C)(O)C5)nc(OCC5(CN6CCC(C(=O)N7CCC8(CC7)CC(N7CCC(c9ccc%10c(C%11CCC(=O)NC%11=O)nn(C)c%10c9)CC7)C8)CC6)CC5)nc4c3F)c12. The molecule has 1 unspecified atom stereocenters. The molecule has 7 aliphatic rings. The summed E-state index contributed by atoms with van der Waals surface area (Å²) in [5, 5.41) is 31.6. The van der Waals surface area contributed by atoms with Gasteiger partial charge >= 0.3 is 6.01 Å². The predicted molar refractivity (Wildman–Crippen MR) is 300 cm³/mol. The van der Waals surface area contributed by atoms with E-state index in [-0.39, 0.29) is 58.2 Å². The van der Waals surface area contributed by atoms with Crippen molar-refractivity contribution in [3.63, 3.8) is 0 Å². The van der Waals surface area contributed by atoms with E-state index in [2.05, 4.69) is 43.2 Å². The third-order valence-electron chi connectivity index (χ3n) is 19.8. The van der Waals surface area contributed by atoms with E-state index in [0.717, 1.165) is 114 Å². The molecule has 1 spiro atoms. The van der Waals surface area contributed by atoms with Crippen molar-refractivity contribution in [2.75, 3.05) is 70.4 Å². The summed E-state index contributed by atoms with van der Waals surface area (Å²) in [6, 6.07) is 13.2. The molecule has 0 radical (unpaired) electrons. The molecule has 6 aromatic rings. The summed E-state index contributed by atoms with van der Waals surface area (Å²) >= 11 is 0. The number of amides is 3. The molecule has 8 heterocycles. The third kappa shape index (κ3) is 9.94. The van der Waals surface area contributed by atoms with Crippen molar-refractivity contribution in [1.29, 1.82) is 0 Å². The van der Waals surface area contributed by atoms with Crippen LogP contribution in [0.25, 0.3) is 43.8 Å². The number of nitrogens with one attached hydrogen (secondary N) is 1. The fraction of sp³-hybridized carbons (Fsp3) is 0.565. The number of carbonyl (C=O) groups excluding carboxylic acids is 3. The van der Waals surface area contributed by atoms with Gasteiger partial charge in [0.1, 0.15) is 28.6 Å². The number of aliphatic hydroxyl groups is 1. The van der Waals surface area contributed by atoms with Crippen molar-refractivity contribution in [1.82, 2.24) is 44.7 Å². The Bertz CT molecular complexity index is 3420. The first-order valence-electron chi connectivity index (χ1n) is 29.5. The average Bonchev–Trinajstić information content (AvgIpc) is 4.03. The van der Waals surface area contributed by atoms with E-state index in [1.165, 1.54) is 42.8 Å². The highest BCUT2D eigenvalue weighted by Crippen LogP contribution is 2.53. The van der Waals surface area contributed by atoms with Gasteiger partial charge < -0.3 is 34.5 Å². The molecule has 0 bridgehead atoms. The molecule has 5 saturated heterocycles. The maximum Gasteiger partial charge on any atom is 0.319 e. The Hall–Kier alpha value is -6.37. The zero-order valence-corrected chi connectivity index (χ0v) is 46.4. The van der Waals surface area contributed by atoms with Crippen LogP contribution in [0.2, 0.25) is 0 Å². The van der Waals surface area contributed by atoms with Gasteiger partial charge in [0.15, 0.2) is 5.82 Å². The Morgan fingerprint density at radius 3 is 2.39 bits per heavy atom. The van der Waals surface area contributed by atoms with Gasteiger partial charge in [-0.2, -0.15) is 15.1 Å². The van der Waals surface area contributed by atoms with Crippen LogP contribution >= 0.6 is 0 Å². The second-order valence-corrected chi connectivity index (χ2v) is 25.3. The van der Waals surface area contributed by atoms with Crippen LogP contribution in [0.4, 0.5) is 14.6 Å². The molecule has 2 aliphatic carbocycles. The minimum absolute atomic E-state index is 0.000604. The number of halogens is 2. The van der Waals surface area contributed by atoms with E-state index < -0.39 is 23.2 Å². The summed E-state index contributed by atoms with van der Waals surface area (Å²) in [5.41, 5.74) is 2.98. The summed E-state index contributed by atoms with van der Waals surface area (Å²) in [6.45, 7) is 11.2. The number of imide groups is 1. The number of β-amino-alcohol motifs (C(OH)–C–C–N with tert-alkyl or cyclic N) is 1. The number of aromatic nitrogens is 5. The van der Waals surface area contributed by atoms with Crippen molar-refractivity contribution in [3.8, 4) is 23.0 Å². The number of carbonyl (C=O) groups is 3. The Balaban J connectivity index is 0.600. The van der Waals surface area contributed by atoms with E-state index in [1.807, 2.05) is 23.6 Å². The van der Waals surface area contributed by atoms with Crippen LogP contribution in [0.15, 0.2) is 48.7 Å². The molecule has 16 nitrogen and oxygen atoms in total. The highest BCUT2D eigenvalue weighted by molar-refractivity contribution is 6.03. The van der Waals surface area contributed by atoms with Crippen molar-refractivity contribution < 1.29 is 38.1 Å². The van der Waals surface area contributed by atoms with Crippen molar-refractivity contribution in [2.45, 2.75) is 134 Å². The molecule has 7 fully saturated rings. The average molecular weight is 1090 g/mol. The number of hydrogen-bond acceptors (Lipinski definition) is 13. The summed E-state index contributed by atoms with van der Waals surface area (Å²) in [4.78, 5) is 62.0. The number of aryl methyl sites for hydroxylation is 2. The second kappa shape index (κ2) is 20.6. The van der Waals surface area contributed by atoms with Crippen molar-refractivity contribution in [2.24, 2.45) is 23.8 Å². The standard InChI is InChI=1S/C62H74F2N10O6/c1-4-43-48(63)10-7-40-28-42(75)30-46(51(40)43)54-52(64)55-47(33-65-54)56(74-21-5-16-60(2,79)34-74)68-59(67-55)80-36-62(17-18-62)35-71-22-12-38(13-23-71)58(78)73-26-19-61(20-27-73)31-41(32-61)72-24-14-37(15-25-72)39-6-8-44-49(29-39)70(3)69-53(44)45-9-11-50(76)66-57(45)77/h6-8,10,28-30,33,37-38,41,45,75,79H,4-5,9,11-27,31-32,34-36H2,1-3H3,(H,66,76,77)/t45?,60-/m1/s1. The van der Waals surface area contributed by atoms with Crippen LogP contribution in [0.3, 0.4) is 0 Å². The fourth-order valence-electron chi connectivity index (χ4n) is 14.9. The van der Waals surface area contributed by atoms with Crippen LogP contribution in [0, 0.1) is 28.4 Å². The van der Waals surface area contributed by atoms with Gasteiger partial charge in [0, 0.05) is 80.7 Å². The first-order chi connectivity index (χ1) is 38.5. The van der Waals surface area contributed by atoms with E-state index in [4.69, 9.17) is 19.8 Å². The number of pyridine rings is 1. The van der Waals surface area contributed by atoms with Crippen LogP contribution in [-0.4, -0.2) is 145 Å². The van der Waals surface area contributed by atoms with Gasteiger partial charge in [0.25, 0.3) is 0 Å². The maximum absolute atomic E-state index is 17.2. The molecule has 3 aromatic heterocycles. The maximum atomic E-state index is 17.2. The Morgan fingerprint density at radius 1 is 0.887 bits per heavy atom. The Morgan fingerprint density at radius 2 is 1.66 bits per heavy atom. The van der Waals surface area contributed by atoms with Crippen LogP contribution < -0.4 is 15.0 Å². The van der Waals surface area contributed by atoms with Gasteiger partial charge in [-0.15, -0.1) is 0 Å². The van der Waals surface area contributed by atoms with Gasteiger partial charge in [-0.05, 0) is 180 Å². The first-order valence-corrected chi connectivity index (χ1v) is 29.5. The van der Waals surface area contributed by atoms with Gasteiger partial charge in [-0.25, -0.2) is 8.78 Å². The number of phenols is 1. The number of nitrogens with zero attached hydrogens (tertiary/aromatic N) is 9. The number of anilines is 1. The molecule has 422 valence electrons. The van der Waals surface area contributed by atoms with E-state index in [0.29, 0.717) is 96.1 Å². The summed E-state index contributed by atoms with van der Waals surface area (Å²) < 4.78 is 40.8. The predicted octanol–water partition coefficient (Wildman–Crippen LogP) is 8.67. The topological polar surface area (TPSA) is 182 Å². The number of aromatic hydroxyl groups is 1. The monoisotopic (exact) mass is 1090 g/mol. The largest absolute Gasteiger partial charge is 0.508 e. The summed E-state index contributed by atoms with van der Waals surface area (Å²) in [7, 11) is 1.94. The lowest BCUT2D eigenvalue weighted by Crippen LogP contribution is -2.57. The molecule has 2 atom stereocenters. The van der Waals surface area contributed by atoms with Crippen LogP contribution in [-0.2, 0) is 27.9 Å². The number of piperidine rings is 5. The van der Waals surface area contributed by atoms with Crippen LogP contribution in [0.5, 0.6) is 11.8 Å². The molecule has 3 N–H and O–H groups in total. The first kappa shape index (κ1) is 53.0. The minimum atomic E-state index is -0.976. The molecule has 13 rings (SSSR count). The Labute approximate surface area is 465 Å². The van der Waals surface area contributed by atoms with Crippen LogP contribution in [0.1, 0.15) is 132 Å². The third-order valence-corrected chi connectivity index (χ3v) is 19.8. The molecule has 3 amide bonds. The number of rotatable bonds is 12. The zero-order valence-electron chi connectivity index (χ0n) is 46.4. The second-order valence-electron chi connectivity index (χ2n) is 25.3.